The Labute approximate surface area is 176 Å². The molecule has 0 bridgehead atoms. The highest BCUT2D eigenvalue weighted by Crippen LogP contribution is 2.26. The van der Waals surface area contributed by atoms with Crippen LogP contribution in [0.1, 0.15) is 18.4 Å². The highest BCUT2D eigenvalue weighted by atomic mass is 16.6. The molecule has 2 aromatic carbocycles. The van der Waals surface area contributed by atoms with Crippen LogP contribution in [0.3, 0.4) is 0 Å². The van der Waals surface area contributed by atoms with E-state index in [-0.39, 0.29) is 30.1 Å². The van der Waals surface area contributed by atoms with Gasteiger partial charge in [0.25, 0.3) is 5.91 Å². The zero-order valence-electron chi connectivity index (χ0n) is 17.3. The number of hydrogen-bond acceptors (Lipinski definition) is 6. The topological polar surface area (TPSA) is 85.2 Å². The van der Waals surface area contributed by atoms with E-state index in [0.717, 1.165) is 24.1 Å². The van der Waals surface area contributed by atoms with E-state index in [4.69, 9.17) is 9.47 Å². The van der Waals surface area contributed by atoms with E-state index < -0.39 is 4.92 Å². The number of carbonyl (C=O) groups excluding carboxylic acids is 1. The van der Waals surface area contributed by atoms with Gasteiger partial charge in [0.2, 0.25) is 0 Å². The van der Waals surface area contributed by atoms with Crippen LogP contribution in [0, 0.1) is 10.1 Å². The zero-order valence-corrected chi connectivity index (χ0v) is 17.3. The fourth-order valence-corrected chi connectivity index (χ4v) is 3.37. The number of nitro benzene ring substituents is 1. The van der Waals surface area contributed by atoms with Gasteiger partial charge >= 0.3 is 5.69 Å². The molecule has 0 aliphatic carbocycles. The number of rotatable bonds is 9. The molecular weight excluding hydrogens is 386 g/mol. The number of benzene rings is 2. The standard InChI is InChI=1S/C22H27N3O5/c1-23(2)18-11-9-17(10-12-18)14-24(15-19-6-5-13-29-19)22(26)16-30-21-8-4-3-7-20(21)25(27)28/h3-4,7-12,19H,5-6,13-16H2,1-2H3. The summed E-state index contributed by atoms with van der Waals surface area (Å²) in [7, 11) is 3.95. The average Bonchev–Trinajstić information content (AvgIpc) is 3.25. The first kappa shape index (κ1) is 21.6. The Kier molecular flexibility index (Phi) is 7.24. The molecule has 0 saturated carbocycles. The summed E-state index contributed by atoms with van der Waals surface area (Å²) in [5, 5.41) is 11.2. The number of ether oxygens (including phenoxy) is 2. The van der Waals surface area contributed by atoms with Gasteiger partial charge < -0.3 is 19.3 Å². The minimum absolute atomic E-state index is 0.000981. The number of anilines is 1. The van der Waals surface area contributed by atoms with Crippen LogP contribution >= 0.6 is 0 Å². The second kappa shape index (κ2) is 10.1. The van der Waals surface area contributed by atoms with E-state index in [1.165, 1.54) is 12.1 Å². The smallest absolute Gasteiger partial charge is 0.310 e. The maximum Gasteiger partial charge on any atom is 0.310 e. The summed E-state index contributed by atoms with van der Waals surface area (Å²) < 4.78 is 11.2. The molecule has 3 rings (SSSR count). The highest BCUT2D eigenvalue weighted by molar-refractivity contribution is 5.78. The first-order valence-electron chi connectivity index (χ1n) is 9.96. The largest absolute Gasteiger partial charge is 0.477 e. The quantitative estimate of drug-likeness (QED) is 0.463. The molecule has 1 amide bonds. The minimum Gasteiger partial charge on any atom is -0.477 e. The maximum atomic E-state index is 12.9. The Morgan fingerprint density at radius 2 is 1.93 bits per heavy atom. The van der Waals surface area contributed by atoms with Gasteiger partial charge in [-0.2, -0.15) is 0 Å². The molecular formula is C22H27N3O5. The van der Waals surface area contributed by atoms with Crippen LogP contribution in [0.2, 0.25) is 0 Å². The Bertz CT molecular complexity index is 863. The van der Waals surface area contributed by atoms with Crippen LogP contribution in [0.4, 0.5) is 11.4 Å². The molecule has 0 aromatic heterocycles. The molecule has 1 unspecified atom stereocenters. The third kappa shape index (κ3) is 5.70. The molecule has 1 aliphatic heterocycles. The molecule has 8 nitrogen and oxygen atoms in total. The van der Waals surface area contributed by atoms with Crippen molar-refractivity contribution in [1.82, 2.24) is 4.90 Å². The number of para-hydroxylation sites is 2. The molecule has 2 aromatic rings. The molecule has 1 atom stereocenters. The fourth-order valence-electron chi connectivity index (χ4n) is 3.37. The lowest BCUT2D eigenvalue weighted by molar-refractivity contribution is -0.385. The SMILES string of the molecule is CN(C)c1ccc(CN(CC2CCCO2)C(=O)COc2ccccc2[N+](=O)[O-])cc1. The second-order valence-electron chi connectivity index (χ2n) is 7.48. The van der Waals surface area contributed by atoms with Crippen molar-refractivity contribution in [1.29, 1.82) is 0 Å². The molecule has 1 heterocycles. The van der Waals surface area contributed by atoms with Crippen LogP contribution in [0.5, 0.6) is 5.75 Å². The predicted molar refractivity (Wildman–Crippen MR) is 114 cm³/mol. The van der Waals surface area contributed by atoms with Crippen LogP contribution in [-0.2, 0) is 16.1 Å². The van der Waals surface area contributed by atoms with Crippen molar-refractivity contribution in [3.05, 3.63) is 64.2 Å². The minimum atomic E-state index is -0.518. The molecule has 1 saturated heterocycles. The van der Waals surface area contributed by atoms with E-state index >= 15 is 0 Å². The molecule has 8 heteroatoms. The zero-order chi connectivity index (χ0) is 21.5. The normalized spacial score (nSPS) is 15.6. The van der Waals surface area contributed by atoms with Gasteiger partial charge in [0.05, 0.1) is 11.0 Å². The van der Waals surface area contributed by atoms with Crippen molar-refractivity contribution in [3.63, 3.8) is 0 Å². The number of hydrogen-bond donors (Lipinski definition) is 0. The fraction of sp³-hybridized carbons (Fsp3) is 0.409. The van der Waals surface area contributed by atoms with Gasteiger partial charge in [0.15, 0.2) is 12.4 Å². The van der Waals surface area contributed by atoms with E-state index in [9.17, 15) is 14.9 Å². The molecule has 0 N–H and O–H groups in total. The maximum absolute atomic E-state index is 12.9. The summed E-state index contributed by atoms with van der Waals surface area (Å²) in [6.07, 6.45) is 1.90. The Balaban J connectivity index is 1.69. The summed E-state index contributed by atoms with van der Waals surface area (Å²) in [6, 6.07) is 14.1. The van der Waals surface area contributed by atoms with Crippen LogP contribution in [0.15, 0.2) is 48.5 Å². The lowest BCUT2D eigenvalue weighted by Gasteiger charge is -2.26. The van der Waals surface area contributed by atoms with E-state index in [1.54, 1.807) is 17.0 Å². The number of carbonyl (C=O) groups is 1. The van der Waals surface area contributed by atoms with Crippen molar-refractivity contribution < 1.29 is 19.2 Å². The van der Waals surface area contributed by atoms with Gasteiger partial charge in [0.1, 0.15) is 0 Å². The van der Waals surface area contributed by atoms with Crippen molar-refractivity contribution in [3.8, 4) is 5.75 Å². The van der Waals surface area contributed by atoms with Gasteiger partial charge in [-0.1, -0.05) is 24.3 Å². The molecule has 0 radical (unpaired) electrons. The van der Waals surface area contributed by atoms with Crippen LogP contribution < -0.4 is 9.64 Å². The molecule has 30 heavy (non-hydrogen) atoms. The van der Waals surface area contributed by atoms with Crippen molar-refractivity contribution in [2.24, 2.45) is 0 Å². The van der Waals surface area contributed by atoms with Gasteiger partial charge in [-0.05, 0) is 36.6 Å². The van der Waals surface area contributed by atoms with Crippen LogP contribution in [0.25, 0.3) is 0 Å². The Hall–Kier alpha value is -3.13. The monoisotopic (exact) mass is 413 g/mol. The first-order chi connectivity index (χ1) is 14.4. The van der Waals surface area contributed by atoms with Gasteiger partial charge in [0, 0.05) is 45.5 Å². The Morgan fingerprint density at radius 3 is 2.57 bits per heavy atom. The van der Waals surface area contributed by atoms with Gasteiger partial charge in [-0.15, -0.1) is 0 Å². The third-order valence-corrected chi connectivity index (χ3v) is 5.04. The average molecular weight is 413 g/mol. The predicted octanol–water partition coefficient (Wildman–Crippen LogP) is 3.25. The van der Waals surface area contributed by atoms with Gasteiger partial charge in [-0.3, -0.25) is 14.9 Å². The van der Waals surface area contributed by atoms with E-state index in [2.05, 4.69) is 0 Å². The summed E-state index contributed by atoms with van der Waals surface area (Å²) in [4.78, 5) is 27.3. The van der Waals surface area contributed by atoms with Crippen molar-refractivity contribution in [2.75, 3.05) is 38.8 Å². The molecule has 1 aliphatic rings. The lowest BCUT2D eigenvalue weighted by atomic mass is 10.1. The Morgan fingerprint density at radius 1 is 1.20 bits per heavy atom. The van der Waals surface area contributed by atoms with Gasteiger partial charge in [-0.25, -0.2) is 0 Å². The second-order valence-corrected chi connectivity index (χ2v) is 7.48. The van der Waals surface area contributed by atoms with Crippen LogP contribution in [-0.4, -0.2) is 55.7 Å². The molecule has 160 valence electrons. The number of amides is 1. The summed E-state index contributed by atoms with van der Waals surface area (Å²) >= 11 is 0. The van der Waals surface area contributed by atoms with E-state index in [1.807, 2.05) is 43.3 Å². The number of nitro groups is 1. The number of nitrogens with zero attached hydrogens (tertiary/aromatic N) is 3. The summed E-state index contributed by atoms with van der Waals surface area (Å²) in [5.74, 6) is -0.149. The van der Waals surface area contributed by atoms with E-state index in [0.29, 0.717) is 19.7 Å². The first-order valence-corrected chi connectivity index (χ1v) is 9.96. The summed E-state index contributed by atoms with van der Waals surface area (Å²) in [5.41, 5.74) is 1.92. The summed E-state index contributed by atoms with van der Waals surface area (Å²) in [6.45, 7) is 1.32. The lowest BCUT2D eigenvalue weighted by Crippen LogP contribution is -2.39. The molecule has 1 fully saturated rings. The molecule has 0 spiro atoms. The van der Waals surface area contributed by atoms with Crippen molar-refractivity contribution >= 4 is 17.3 Å². The third-order valence-electron chi connectivity index (χ3n) is 5.04. The highest BCUT2D eigenvalue weighted by Gasteiger charge is 2.24. The van der Waals surface area contributed by atoms with Crippen molar-refractivity contribution in [2.45, 2.75) is 25.5 Å².